The molecule has 1 aliphatic heterocycles. The second-order valence-corrected chi connectivity index (χ2v) is 7.23. The summed E-state index contributed by atoms with van der Waals surface area (Å²) in [5.41, 5.74) is 0.553. The Kier molecular flexibility index (Phi) is 7.54. The third-order valence-electron chi connectivity index (χ3n) is 4.57. The van der Waals surface area contributed by atoms with Gasteiger partial charge in [0.15, 0.2) is 0 Å². The predicted octanol–water partition coefficient (Wildman–Crippen LogP) is 3.56. The summed E-state index contributed by atoms with van der Waals surface area (Å²) in [4.78, 5) is 26.6. The number of halogens is 2. The standard InChI is InChI=1S/C18H25Cl2N3O2/c1-3-8-21-18(25)13-6-9-23(10-7-13)12(2)17(24)22-16-5-4-14(19)11-15(16)20/h4-5,11-13H,3,6-10H2,1-2H3,(H,21,25)(H,22,24)/t12-/m1/s1. The summed E-state index contributed by atoms with van der Waals surface area (Å²) in [5, 5.41) is 6.74. The van der Waals surface area contributed by atoms with Crippen LogP contribution in [0.25, 0.3) is 0 Å². The highest BCUT2D eigenvalue weighted by atomic mass is 35.5. The molecule has 1 fully saturated rings. The van der Waals surface area contributed by atoms with Crippen LogP contribution in [-0.4, -0.2) is 42.4 Å². The van der Waals surface area contributed by atoms with E-state index in [9.17, 15) is 9.59 Å². The Balaban J connectivity index is 1.86. The fourth-order valence-electron chi connectivity index (χ4n) is 2.94. The SMILES string of the molecule is CCCNC(=O)C1CCN([C@H](C)C(=O)Nc2ccc(Cl)cc2Cl)CC1. The molecule has 1 aliphatic rings. The highest BCUT2D eigenvalue weighted by molar-refractivity contribution is 6.36. The van der Waals surface area contributed by atoms with E-state index >= 15 is 0 Å². The van der Waals surface area contributed by atoms with E-state index in [0.717, 1.165) is 38.9 Å². The number of nitrogens with zero attached hydrogens (tertiary/aromatic N) is 1. The van der Waals surface area contributed by atoms with Crippen molar-refractivity contribution >= 4 is 40.7 Å². The van der Waals surface area contributed by atoms with Crippen LogP contribution in [0, 0.1) is 5.92 Å². The van der Waals surface area contributed by atoms with E-state index in [1.807, 2.05) is 13.8 Å². The molecule has 0 aromatic heterocycles. The van der Waals surface area contributed by atoms with Gasteiger partial charge in [-0.05, 0) is 57.5 Å². The molecule has 0 spiro atoms. The molecule has 0 aliphatic carbocycles. The smallest absolute Gasteiger partial charge is 0.241 e. The van der Waals surface area contributed by atoms with Crippen LogP contribution in [0.3, 0.4) is 0 Å². The Morgan fingerprint density at radius 2 is 1.96 bits per heavy atom. The minimum atomic E-state index is -0.286. The molecule has 1 heterocycles. The molecule has 7 heteroatoms. The maximum atomic E-state index is 12.5. The third-order valence-corrected chi connectivity index (χ3v) is 5.11. The molecule has 1 aromatic carbocycles. The van der Waals surface area contributed by atoms with Crippen molar-refractivity contribution in [3.05, 3.63) is 28.2 Å². The molecule has 1 saturated heterocycles. The number of likely N-dealkylation sites (tertiary alicyclic amines) is 1. The molecule has 25 heavy (non-hydrogen) atoms. The number of nitrogens with one attached hydrogen (secondary N) is 2. The van der Waals surface area contributed by atoms with Crippen LogP contribution in [0.1, 0.15) is 33.1 Å². The monoisotopic (exact) mass is 385 g/mol. The number of hydrogen-bond donors (Lipinski definition) is 2. The van der Waals surface area contributed by atoms with E-state index in [1.165, 1.54) is 0 Å². The number of rotatable bonds is 6. The summed E-state index contributed by atoms with van der Waals surface area (Å²) in [7, 11) is 0. The maximum Gasteiger partial charge on any atom is 0.241 e. The average Bonchev–Trinajstić information content (AvgIpc) is 2.61. The number of anilines is 1. The molecule has 138 valence electrons. The van der Waals surface area contributed by atoms with E-state index < -0.39 is 0 Å². The highest BCUT2D eigenvalue weighted by Crippen LogP contribution is 2.26. The van der Waals surface area contributed by atoms with Crippen molar-refractivity contribution in [2.24, 2.45) is 5.92 Å². The van der Waals surface area contributed by atoms with Crippen molar-refractivity contribution in [2.75, 3.05) is 25.0 Å². The van der Waals surface area contributed by atoms with Crippen LogP contribution < -0.4 is 10.6 Å². The van der Waals surface area contributed by atoms with Crippen LogP contribution >= 0.6 is 23.2 Å². The number of benzene rings is 1. The third kappa shape index (κ3) is 5.59. The van der Waals surface area contributed by atoms with Gasteiger partial charge in [-0.15, -0.1) is 0 Å². The Morgan fingerprint density at radius 1 is 1.28 bits per heavy atom. The zero-order valence-electron chi connectivity index (χ0n) is 14.6. The molecule has 0 unspecified atom stereocenters. The van der Waals surface area contributed by atoms with Crippen LogP contribution in [0.4, 0.5) is 5.69 Å². The van der Waals surface area contributed by atoms with Gasteiger partial charge in [-0.2, -0.15) is 0 Å². The lowest BCUT2D eigenvalue weighted by Crippen LogP contribution is -2.48. The van der Waals surface area contributed by atoms with Gasteiger partial charge in [0.2, 0.25) is 11.8 Å². The summed E-state index contributed by atoms with van der Waals surface area (Å²) in [6.07, 6.45) is 2.48. The van der Waals surface area contributed by atoms with Crippen LogP contribution in [0.2, 0.25) is 10.0 Å². The van der Waals surface area contributed by atoms with Gasteiger partial charge in [-0.1, -0.05) is 30.1 Å². The Morgan fingerprint density at radius 3 is 2.56 bits per heavy atom. The zero-order chi connectivity index (χ0) is 18.4. The normalized spacial score (nSPS) is 17.1. The molecule has 1 aromatic rings. The van der Waals surface area contributed by atoms with E-state index in [2.05, 4.69) is 15.5 Å². The first-order valence-electron chi connectivity index (χ1n) is 8.70. The predicted molar refractivity (Wildman–Crippen MR) is 102 cm³/mol. The van der Waals surface area contributed by atoms with Gasteiger partial charge >= 0.3 is 0 Å². The van der Waals surface area contributed by atoms with Crippen LogP contribution in [0.15, 0.2) is 18.2 Å². The minimum absolute atomic E-state index is 0.0452. The van der Waals surface area contributed by atoms with Crippen molar-refractivity contribution in [3.63, 3.8) is 0 Å². The molecule has 0 radical (unpaired) electrons. The van der Waals surface area contributed by atoms with E-state index in [-0.39, 0.29) is 23.8 Å². The average molecular weight is 386 g/mol. The number of carbonyl (C=O) groups excluding carboxylic acids is 2. The number of amides is 2. The fourth-order valence-corrected chi connectivity index (χ4v) is 3.39. The largest absolute Gasteiger partial charge is 0.356 e. The molecular formula is C18H25Cl2N3O2. The first kappa shape index (κ1) is 20.0. The van der Waals surface area contributed by atoms with Crippen LogP contribution in [-0.2, 0) is 9.59 Å². The quantitative estimate of drug-likeness (QED) is 0.786. The van der Waals surface area contributed by atoms with Crippen molar-refractivity contribution < 1.29 is 9.59 Å². The van der Waals surface area contributed by atoms with Crippen molar-refractivity contribution in [3.8, 4) is 0 Å². The van der Waals surface area contributed by atoms with Crippen molar-refractivity contribution in [1.29, 1.82) is 0 Å². The number of piperidine rings is 1. The summed E-state index contributed by atoms with van der Waals surface area (Å²) in [6.45, 7) is 6.09. The van der Waals surface area contributed by atoms with Gasteiger partial charge in [0.25, 0.3) is 0 Å². The Hall–Kier alpha value is -1.30. The molecule has 0 saturated carbocycles. The topological polar surface area (TPSA) is 61.4 Å². The van der Waals surface area contributed by atoms with Gasteiger partial charge in [-0.3, -0.25) is 14.5 Å². The lowest BCUT2D eigenvalue weighted by Gasteiger charge is -2.34. The minimum Gasteiger partial charge on any atom is -0.356 e. The molecule has 2 rings (SSSR count). The van der Waals surface area contributed by atoms with Crippen molar-refractivity contribution in [1.82, 2.24) is 10.2 Å². The lowest BCUT2D eigenvalue weighted by atomic mass is 9.95. The van der Waals surface area contributed by atoms with E-state index in [0.29, 0.717) is 15.7 Å². The second kappa shape index (κ2) is 9.41. The summed E-state index contributed by atoms with van der Waals surface area (Å²) < 4.78 is 0. The maximum absolute atomic E-state index is 12.5. The van der Waals surface area contributed by atoms with Gasteiger partial charge in [0, 0.05) is 17.5 Å². The zero-order valence-corrected chi connectivity index (χ0v) is 16.2. The molecule has 2 amide bonds. The van der Waals surface area contributed by atoms with Crippen molar-refractivity contribution in [2.45, 2.75) is 39.2 Å². The van der Waals surface area contributed by atoms with E-state index in [1.54, 1.807) is 18.2 Å². The number of carbonyl (C=O) groups is 2. The summed E-state index contributed by atoms with van der Waals surface area (Å²) in [5.74, 6) is 0.0634. The van der Waals surface area contributed by atoms with Gasteiger partial charge in [0.1, 0.15) is 0 Å². The van der Waals surface area contributed by atoms with Crippen LogP contribution in [0.5, 0.6) is 0 Å². The number of hydrogen-bond acceptors (Lipinski definition) is 3. The lowest BCUT2D eigenvalue weighted by molar-refractivity contribution is -0.127. The molecule has 1 atom stereocenters. The van der Waals surface area contributed by atoms with E-state index in [4.69, 9.17) is 23.2 Å². The summed E-state index contributed by atoms with van der Waals surface area (Å²) >= 11 is 12.0. The highest BCUT2D eigenvalue weighted by Gasteiger charge is 2.29. The fraction of sp³-hybridized carbons (Fsp3) is 0.556. The molecular weight excluding hydrogens is 361 g/mol. The first-order valence-corrected chi connectivity index (χ1v) is 9.45. The molecule has 2 N–H and O–H groups in total. The first-order chi connectivity index (χ1) is 11.9. The Bertz CT molecular complexity index is 616. The molecule has 5 nitrogen and oxygen atoms in total. The molecule has 0 bridgehead atoms. The summed E-state index contributed by atoms with van der Waals surface area (Å²) in [6, 6.07) is 4.70. The second-order valence-electron chi connectivity index (χ2n) is 6.39. The van der Waals surface area contributed by atoms with Gasteiger partial charge in [-0.25, -0.2) is 0 Å². The van der Waals surface area contributed by atoms with Gasteiger partial charge < -0.3 is 10.6 Å². The Labute approximate surface area is 159 Å². The van der Waals surface area contributed by atoms with Gasteiger partial charge in [0.05, 0.1) is 16.8 Å².